The molecule has 21 heavy (non-hydrogen) atoms. The van der Waals surface area contributed by atoms with Crippen molar-refractivity contribution in [2.45, 2.75) is 39.0 Å². The smallest absolute Gasteiger partial charge is 0.335 e. The molecule has 0 radical (unpaired) electrons. The summed E-state index contributed by atoms with van der Waals surface area (Å²) < 4.78 is 0. The lowest BCUT2D eigenvalue weighted by Crippen LogP contribution is -2.32. The van der Waals surface area contributed by atoms with Crippen molar-refractivity contribution in [3.63, 3.8) is 0 Å². The monoisotopic (exact) mass is 289 g/mol. The number of nitrogens with one attached hydrogen (secondary N) is 1. The molecule has 2 rings (SSSR count). The molecule has 114 valence electrons. The Kier molecular flexibility index (Phi) is 5.37. The normalized spacial score (nSPS) is 21.8. The van der Waals surface area contributed by atoms with E-state index in [1.54, 1.807) is 12.1 Å². The summed E-state index contributed by atoms with van der Waals surface area (Å²) in [6.45, 7) is 3.05. The van der Waals surface area contributed by atoms with Crippen LogP contribution in [0.15, 0.2) is 24.3 Å². The van der Waals surface area contributed by atoms with Crippen LogP contribution in [0.1, 0.15) is 48.5 Å². The van der Waals surface area contributed by atoms with Gasteiger partial charge in [0.25, 0.3) is 0 Å². The summed E-state index contributed by atoms with van der Waals surface area (Å²) in [5, 5.41) is 11.8. The summed E-state index contributed by atoms with van der Waals surface area (Å²) in [4.78, 5) is 22.7. The molecule has 1 aromatic rings. The van der Waals surface area contributed by atoms with Crippen LogP contribution >= 0.6 is 0 Å². The molecule has 2 N–H and O–H groups in total. The molecule has 1 aromatic carbocycles. The second-order valence-corrected chi connectivity index (χ2v) is 6.11. The number of amides is 1. The zero-order chi connectivity index (χ0) is 15.2. The van der Waals surface area contributed by atoms with Crippen molar-refractivity contribution in [3.05, 3.63) is 35.4 Å². The van der Waals surface area contributed by atoms with E-state index in [0.717, 1.165) is 18.0 Å². The maximum absolute atomic E-state index is 11.9. The fourth-order valence-electron chi connectivity index (χ4n) is 2.80. The van der Waals surface area contributed by atoms with Gasteiger partial charge >= 0.3 is 5.97 Å². The maximum atomic E-state index is 11.9. The standard InChI is InChI=1S/C17H23NO3/c1-12-2-4-14(5-3-12)11-18-16(19)10-13-6-8-15(9-7-13)17(20)21/h6-9,12,14H,2-5,10-11H2,1H3,(H,18,19)(H,20,21). The van der Waals surface area contributed by atoms with Gasteiger partial charge < -0.3 is 10.4 Å². The number of carbonyl (C=O) groups is 2. The van der Waals surface area contributed by atoms with Crippen molar-refractivity contribution >= 4 is 11.9 Å². The second-order valence-electron chi connectivity index (χ2n) is 6.11. The third kappa shape index (κ3) is 4.88. The fourth-order valence-corrected chi connectivity index (χ4v) is 2.80. The van der Waals surface area contributed by atoms with Gasteiger partial charge in [-0.05, 0) is 42.4 Å². The van der Waals surface area contributed by atoms with E-state index in [4.69, 9.17) is 5.11 Å². The first-order valence-corrected chi connectivity index (χ1v) is 7.63. The van der Waals surface area contributed by atoms with E-state index in [1.807, 2.05) is 0 Å². The SMILES string of the molecule is CC1CCC(CNC(=O)Cc2ccc(C(=O)O)cc2)CC1. The molecule has 1 aliphatic rings. The molecule has 1 saturated carbocycles. The van der Waals surface area contributed by atoms with Gasteiger partial charge in [-0.1, -0.05) is 31.9 Å². The van der Waals surface area contributed by atoms with Gasteiger partial charge in [0.2, 0.25) is 5.91 Å². The van der Waals surface area contributed by atoms with Gasteiger partial charge in [0.1, 0.15) is 0 Å². The quantitative estimate of drug-likeness (QED) is 0.876. The number of hydrogen-bond donors (Lipinski definition) is 2. The molecule has 1 aliphatic carbocycles. The first-order chi connectivity index (χ1) is 10.0. The minimum atomic E-state index is -0.947. The molecule has 0 aliphatic heterocycles. The number of hydrogen-bond acceptors (Lipinski definition) is 2. The molecule has 0 unspecified atom stereocenters. The second kappa shape index (κ2) is 7.25. The van der Waals surface area contributed by atoms with Crippen molar-refractivity contribution in [1.82, 2.24) is 5.32 Å². The number of benzene rings is 1. The largest absolute Gasteiger partial charge is 0.478 e. The molecule has 0 bridgehead atoms. The van der Waals surface area contributed by atoms with Crippen LogP contribution in [-0.4, -0.2) is 23.5 Å². The first kappa shape index (κ1) is 15.5. The van der Waals surface area contributed by atoms with E-state index in [-0.39, 0.29) is 11.5 Å². The summed E-state index contributed by atoms with van der Waals surface area (Å²) in [7, 11) is 0. The zero-order valence-corrected chi connectivity index (χ0v) is 12.5. The van der Waals surface area contributed by atoms with Crippen molar-refractivity contribution in [1.29, 1.82) is 0 Å². The number of rotatable bonds is 5. The molecular weight excluding hydrogens is 266 g/mol. The van der Waals surface area contributed by atoms with Gasteiger partial charge in [-0.3, -0.25) is 4.79 Å². The lowest BCUT2D eigenvalue weighted by molar-refractivity contribution is -0.120. The molecular formula is C17H23NO3. The van der Waals surface area contributed by atoms with Crippen LogP contribution in [0.2, 0.25) is 0 Å². The molecule has 0 heterocycles. The molecule has 1 amide bonds. The van der Waals surface area contributed by atoms with E-state index in [2.05, 4.69) is 12.2 Å². The Balaban J connectivity index is 1.75. The van der Waals surface area contributed by atoms with Crippen LogP contribution < -0.4 is 5.32 Å². The minimum Gasteiger partial charge on any atom is -0.478 e. The Labute approximate surface area is 125 Å². The summed E-state index contributed by atoms with van der Waals surface area (Å²) in [5.41, 5.74) is 1.09. The van der Waals surface area contributed by atoms with Crippen LogP contribution in [0, 0.1) is 11.8 Å². The zero-order valence-electron chi connectivity index (χ0n) is 12.5. The van der Waals surface area contributed by atoms with Crippen LogP contribution in [0.5, 0.6) is 0 Å². The highest BCUT2D eigenvalue weighted by Gasteiger charge is 2.18. The Morgan fingerprint density at radius 3 is 2.33 bits per heavy atom. The third-order valence-electron chi connectivity index (χ3n) is 4.29. The van der Waals surface area contributed by atoms with Crippen molar-refractivity contribution in [2.24, 2.45) is 11.8 Å². The van der Waals surface area contributed by atoms with Gasteiger partial charge in [-0.2, -0.15) is 0 Å². The van der Waals surface area contributed by atoms with Gasteiger partial charge in [-0.25, -0.2) is 4.79 Å². The lowest BCUT2D eigenvalue weighted by atomic mass is 9.83. The van der Waals surface area contributed by atoms with E-state index in [1.165, 1.54) is 37.8 Å². The van der Waals surface area contributed by atoms with Gasteiger partial charge in [0, 0.05) is 6.54 Å². The molecule has 1 fully saturated rings. The van der Waals surface area contributed by atoms with E-state index in [9.17, 15) is 9.59 Å². The average molecular weight is 289 g/mol. The fraction of sp³-hybridized carbons (Fsp3) is 0.529. The minimum absolute atomic E-state index is 0.0108. The van der Waals surface area contributed by atoms with Crippen LogP contribution in [0.3, 0.4) is 0 Å². The highest BCUT2D eigenvalue weighted by atomic mass is 16.4. The van der Waals surface area contributed by atoms with Gasteiger partial charge in [-0.15, -0.1) is 0 Å². The van der Waals surface area contributed by atoms with Crippen molar-refractivity contribution < 1.29 is 14.7 Å². The third-order valence-corrected chi connectivity index (χ3v) is 4.29. The summed E-state index contributed by atoms with van der Waals surface area (Å²) in [6, 6.07) is 6.47. The van der Waals surface area contributed by atoms with Crippen molar-refractivity contribution in [3.8, 4) is 0 Å². The summed E-state index contributed by atoms with van der Waals surface area (Å²) in [6.07, 6.45) is 5.24. The van der Waals surface area contributed by atoms with E-state index < -0.39 is 5.97 Å². The van der Waals surface area contributed by atoms with Gasteiger partial charge in [0.05, 0.1) is 12.0 Å². The lowest BCUT2D eigenvalue weighted by Gasteiger charge is -2.26. The number of carboxylic acid groups (broad SMARTS) is 1. The van der Waals surface area contributed by atoms with Crippen LogP contribution in [0.25, 0.3) is 0 Å². The number of carbonyl (C=O) groups excluding carboxylic acids is 1. The van der Waals surface area contributed by atoms with Crippen molar-refractivity contribution in [2.75, 3.05) is 6.54 Å². The summed E-state index contributed by atoms with van der Waals surface area (Å²) in [5.74, 6) is 0.499. The molecule has 0 aromatic heterocycles. The predicted molar refractivity (Wildman–Crippen MR) is 81.2 cm³/mol. The number of aromatic carboxylic acids is 1. The Morgan fingerprint density at radius 1 is 1.14 bits per heavy atom. The van der Waals surface area contributed by atoms with Gasteiger partial charge in [0.15, 0.2) is 0 Å². The molecule has 4 heteroatoms. The average Bonchev–Trinajstić information content (AvgIpc) is 2.47. The topological polar surface area (TPSA) is 66.4 Å². The molecule has 4 nitrogen and oxygen atoms in total. The Bertz CT molecular complexity index is 487. The predicted octanol–water partition coefficient (Wildman–Crippen LogP) is 2.87. The van der Waals surface area contributed by atoms with Crippen LogP contribution in [0.4, 0.5) is 0 Å². The molecule has 0 atom stereocenters. The maximum Gasteiger partial charge on any atom is 0.335 e. The Morgan fingerprint density at radius 2 is 1.76 bits per heavy atom. The van der Waals surface area contributed by atoms with E-state index in [0.29, 0.717) is 12.3 Å². The first-order valence-electron chi connectivity index (χ1n) is 7.63. The number of carboxylic acids is 1. The molecule has 0 spiro atoms. The summed E-state index contributed by atoms with van der Waals surface area (Å²) >= 11 is 0. The highest BCUT2D eigenvalue weighted by molar-refractivity contribution is 5.87. The Hall–Kier alpha value is -1.84. The van der Waals surface area contributed by atoms with Crippen LogP contribution in [-0.2, 0) is 11.2 Å². The molecule has 0 saturated heterocycles. The van der Waals surface area contributed by atoms with E-state index >= 15 is 0 Å². The highest BCUT2D eigenvalue weighted by Crippen LogP contribution is 2.27.